The van der Waals surface area contributed by atoms with E-state index >= 15 is 0 Å². The van der Waals surface area contributed by atoms with Gasteiger partial charge in [0.15, 0.2) is 0 Å². The molecule has 0 amide bonds. The number of nitrogens with two attached hydrogens (primary N) is 1. The van der Waals surface area contributed by atoms with Crippen molar-refractivity contribution in [2.24, 2.45) is 11.7 Å². The van der Waals surface area contributed by atoms with Crippen LogP contribution in [0.5, 0.6) is 0 Å². The van der Waals surface area contributed by atoms with Crippen molar-refractivity contribution in [1.82, 2.24) is 5.32 Å². The highest BCUT2D eigenvalue weighted by Gasteiger charge is 2.27. The molecule has 9 heavy (non-hydrogen) atoms. The second-order valence-electron chi connectivity index (χ2n) is 2.97. The van der Waals surface area contributed by atoms with Crippen LogP contribution in [0, 0.1) is 5.92 Å². The topological polar surface area (TPSA) is 38.0 Å². The van der Waals surface area contributed by atoms with Gasteiger partial charge in [-0.05, 0) is 12.3 Å². The molecule has 2 heteroatoms. The van der Waals surface area contributed by atoms with Gasteiger partial charge in [0.25, 0.3) is 0 Å². The van der Waals surface area contributed by atoms with Crippen molar-refractivity contribution < 1.29 is 0 Å². The van der Waals surface area contributed by atoms with Gasteiger partial charge in [-0.15, -0.1) is 0 Å². The minimum absolute atomic E-state index is 0.354. The van der Waals surface area contributed by atoms with E-state index in [2.05, 4.69) is 11.4 Å². The summed E-state index contributed by atoms with van der Waals surface area (Å²) in [4.78, 5) is 0. The van der Waals surface area contributed by atoms with E-state index in [-0.39, 0.29) is 0 Å². The molecule has 0 bridgehead atoms. The van der Waals surface area contributed by atoms with Crippen LogP contribution in [0.3, 0.4) is 0 Å². The summed E-state index contributed by atoms with van der Waals surface area (Å²) in [6.45, 7) is 2.23. The molecule has 3 N–H and O–H groups in total. The van der Waals surface area contributed by atoms with Gasteiger partial charge in [-0.3, -0.25) is 0 Å². The maximum absolute atomic E-state index is 5.72. The lowest BCUT2D eigenvalue weighted by molar-refractivity contribution is 0.592. The predicted octanol–water partition coefficient (Wildman–Crippen LogP) is -0.137. The highest BCUT2D eigenvalue weighted by atomic mass is 14.9. The van der Waals surface area contributed by atoms with Crippen LogP contribution in [0.4, 0.5) is 0 Å². The van der Waals surface area contributed by atoms with Gasteiger partial charge in [-0.2, -0.15) is 0 Å². The lowest BCUT2D eigenvalue weighted by Crippen LogP contribution is -2.18. The number of hydrogen-bond donors (Lipinski definition) is 2. The first kappa shape index (κ1) is 5.45. The van der Waals surface area contributed by atoms with Crippen molar-refractivity contribution in [2.45, 2.75) is 12.5 Å². The average Bonchev–Trinajstić information content (AvgIpc) is 2.22. The molecule has 2 rings (SSSR count). The van der Waals surface area contributed by atoms with Crippen molar-refractivity contribution >= 4 is 0 Å². The van der Waals surface area contributed by atoms with E-state index in [9.17, 15) is 0 Å². The van der Waals surface area contributed by atoms with E-state index in [0.29, 0.717) is 6.04 Å². The quantitative estimate of drug-likeness (QED) is 0.441. The van der Waals surface area contributed by atoms with Crippen LogP contribution in [-0.4, -0.2) is 19.1 Å². The number of rotatable bonds is 0. The van der Waals surface area contributed by atoms with E-state index in [1.165, 1.54) is 6.42 Å². The third-order valence-electron chi connectivity index (χ3n) is 2.23. The van der Waals surface area contributed by atoms with E-state index in [1.807, 2.05) is 0 Å². The second-order valence-corrected chi connectivity index (χ2v) is 2.97. The summed E-state index contributed by atoms with van der Waals surface area (Å²) in [6.07, 6.45) is 3.38. The summed E-state index contributed by atoms with van der Waals surface area (Å²) in [6, 6.07) is 0.354. The van der Waals surface area contributed by atoms with Gasteiger partial charge in [-0.1, -0.05) is 11.6 Å². The molecule has 0 spiro atoms. The van der Waals surface area contributed by atoms with Gasteiger partial charge >= 0.3 is 0 Å². The fourth-order valence-electron chi connectivity index (χ4n) is 1.77. The molecular formula is C7H12N2. The fraction of sp³-hybridized carbons (Fsp3) is 0.714. The molecule has 0 saturated carbocycles. The minimum Gasteiger partial charge on any atom is -0.324 e. The Balaban J connectivity index is 2.18. The normalized spacial score (nSPS) is 40.8. The Kier molecular flexibility index (Phi) is 1.10. The Bertz CT molecular complexity index is 151. The molecule has 2 atom stereocenters. The molecule has 1 aliphatic carbocycles. The monoisotopic (exact) mass is 124 g/mol. The smallest absolute Gasteiger partial charge is 0.0233 e. The number of fused-ring (bicyclic) bond motifs is 1. The summed E-state index contributed by atoms with van der Waals surface area (Å²) < 4.78 is 0. The van der Waals surface area contributed by atoms with Crippen LogP contribution >= 0.6 is 0 Å². The highest BCUT2D eigenvalue weighted by Crippen LogP contribution is 2.27. The molecule has 0 aromatic heterocycles. The third-order valence-corrected chi connectivity index (χ3v) is 2.23. The van der Waals surface area contributed by atoms with Crippen LogP contribution in [0.25, 0.3) is 0 Å². The van der Waals surface area contributed by atoms with Gasteiger partial charge in [-0.25, -0.2) is 0 Å². The van der Waals surface area contributed by atoms with Crippen molar-refractivity contribution in [1.29, 1.82) is 0 Å². The van der Waals surface area contributed by atoms with E-state index < -0.39 is 0 Å². The van der Waals surface area contributed by atoms with Crippen molar-refractivity contribution in [3.05, 3.63) is 11.6 Å². The SMILES string of the molecule is NC1C=C2CNCC2C1. The maximum atomic E-state index is 5.72. The maximum Gasteiger partial charge on any atom is 0.0233 e. The van der Waals surface area contributed by atoms with Gasteiger partial charge < -0.3 is 11.1 Å². The molecule has 2 aliphatic rings. The number of nitrogens with one attached hydrogen (secondary N) is 1. The molecular weight excluding hydrogens is 112 g/mol. The van der Waals surface area contributed by atoms with Crippen molar-refractivity contribution in [3.63, 3.8) is 0 Å². The van der Waals surface area contributed by atoms with Crippen LogP contribution < -0.4 is 11.1 Å². The standard InChI is InChI=1S/C7H12N2/c8-7-1-5-3-9-4-6(5)2-7/h1,6-7,9H,2-4,8H2. The molecule has 1 saturated heterocycles. The molecule has 0 radical (unpaired) electrons. The number of hydrogen-bond acceptors (Lipinski definition) is 2. The molecule has 50 valence electrons. The summed E-state index contributed by atoms with van der Waals surface area (Å²) in [5.74, 6) is 0.778. The Morgan fingerprint density at radius 1 is 1.67 bits per heavy atom. The third kappa shape index (κ3) is 0.787. The summed E-state index contributed by atoms with van der Waals surface area (Å²) >= 11 is 0. The Morgan fingerprint density at radius 2 is 2.56 bits per heavy atom. The van der Waals surface area contributed by atoms with Crippen molar-refractivity contribution in [3.8, 4) is 0 Å². The molecule has 0 aromatic rings. The summed E-state index contributed by atoms with van der Waals surface area (Å²) in [5, 5.41) is 3.32. The molecule has 1 heterocycles. The molecule has 0 aromatic carbocycles. The molecule has 2 unspecified atom stereocenters. The zero-order chi connectivity index (χ0) is 6.27. The Hall–Kier alpha value is -0.340. The van der Waals surface area contributed by atoms with E-state index in [4.69, 9.17) is 5.73 Å². The first-order valence-electron chi connectivity index (χ1n) is 3.53. The first-order valence-corrected chi connectivity index (χ1v) is 3.53. The van der Waals surface area contributed by atoms with Gasteiger partial charge in [0.1, 0.15) is 0 Å². The average molecular weight is 124 g/mol. The van der Waals surface area contributed by atoms with Crippen molar-refractivity contribution in [2.75, 3.05) is 13.1 Å². The van der Waals surface area contributed by atoms with Crippen LogP contribution in [0.1, 0.15) is 6.42 Å². The van der Waals surface area contributed by atoms with E-state index in [0.717, 1.165) is 19.0 Å². The van der Waals surface area contributed by atoms with Crippen LogP contribution in [0.15, 0.2) is 11.6 Å². The van der Waals surface area contributed by atoms with Gasteiger partial charge in [0.2, 0.25) is 0 Å². The van der Waals surface area contributed by atoms with Crippen LogP contribution in [-0.2, 0) is 0 Å². The first-order chi connectivity index (χ1) is 4.36. The lowest BCUT2D eigenvalue weighted by Gasteiger charge is -2.02. The largest absolute Gasteiger partial charge is 0.324 e. The summed E-state index contributed by atoms with van der Waals surface area (Å²) in [5.41, 5.74) is 7.26. The summed E-state index contributed by atoms with van der Waals surface area (Å²) in [7, 11) is 0. The van der Waals surface area contributed by atoms with E-state index in [1.54, 1.807) is 5.57 Å². The van der Waals surface area contributed by atoms with Gasteiger partial charge in [0.05, 0.1) is 0 Å². The Morgan fingerprint density at radius 3 is 3.33 bits per heavy atom. The zero-order valence-corrected chi connectivity index (χ0v) is 5.43. The highest BCUT2D eigenvalue weighted by molar-refractivity contribution is 5.22. The second kappa shape index (κ2) is 1.82. The Labute approximate surface area is 55.1 Å². The lowest BCUT2D eigenvalue weighted by atomic mass is 10.1. The molecule has 1 aliphatic heterocycles. The predicted molar refractivity (Wildman–Crippen MR) is 37.0 cm³/mol. The van der Waals surface area contributed by atoms with Gasteiger partial charge in [0, 0.05) is 19.1 Å². The fourth-order valence-corrected chi connectivity index (χ4v) is 1.77. The zero-order valence-electron chi connectivity index (χ0n) is 5.43. The minimum atomic E-state index is 0.354. The molecule has 1 fully saturated rings. The molecule has 2 nitrogen and oxygen atoms in total. The van der Waals surface area contributed by atoms with Crippen LogP contribution in [0.2, 0.25) is 0 Å².